The van der Waals surface area contributed by atoms with Gasteiger partial charge >= 0.3 is 5.97 Å². The summed E-state index contributed by atoms with van der Waals surface area (Å²) in [6.07, 6.45) is 4.03. The highest BCUT2D eigenvalue weighted by molar-refractivity contribution is 7.13. The lowest BCUT2D eigenvalue weighted by Gasteiger charge is -2.26. The number of esters is 1. The number of carbonyl (C=O) groups excluding carboxylic acids is 2. The number of ether oxygens (including phenoxy) is 3. The van der Waals surface area contributed by atoms with Crippen LogP contribution in [0, 0.1) is 5.41 Å². The number of pyridine rings is 1. The summed E-state index contributed by atoms with van der Waals surface area (Å²) in [7, 11) is 1.63. The first kappa shape index (κ1) is 29.0. The molecule has 2 aromatic heterocycles. The van der Waals surface area contributed by atoms with Crippen LogP contribution in [0.5, 0.6) is 11.5 Å². The highest BCUT2D eigenvalue weighted by Gasteiger charge is 2.49. The molecule has 3 aromatic rings. The van der Waals surface area contributed by atoms with Crippen LogP contribution in [0.3, 0.4) is 0 Å². The zero-order chi connectivity index (χ0) is 29.1. The Morgan fingerprint density at radius 2 is 2.07 bits per heavy atom. The number of carbonyl (C=O) groups is 2. The van der Waals surface area contributed by atoms with Crippen molar-refractivity contribution in [2.24, 2.45) is 5.41 Å². The van der Waals surface area contributed by atoms with Gasteiger partial charge in [-0.15, -0.1) is 17.9 Å². The number of fused-ring (bicyclic) bond motifs is 1. The summed E-state index contributed by atoms with van der Waals surface area (Å²) < 4.78 is 17.1. The maximum Gasteiger partial charge on any atom is 0.307 e. The third-order valence-corrected chi connectivity index (χ3v) is 8.82. The second kappa shape index (κ2) is 12.2. The number of aromatic nitrogens is 2. The molecule has 2 N–H and O–H groups in total. The summed E-state index contributed by atoms with van der Waals surface area (Å²) >= 11 is 1.56. The summed E-state index contributed by atoms with van der Waals surface area (Å²) in [5.41, 5.74) is 2.26. The molecule has 1 saturated heterocycles. The summed E-state index contributed by atoms with van der Waals surface area (Å²) in [4.78, 5) is 35.2. The van der Waals surface area contributed by atoms with Gasteiger partial charge in [0.05, 0.1) is 37.4 Å². The molecule has 5 rings (SSSR count). The number of hydrogen-bond donors (Lipinski definition) is 2. The van der Waals surface area contributed by atoms with Crippen molar-refractivity contribution >= 4 is 34.1 Å². The van der Waals surface area contributed by atoms with Crippen molar-refractivity contribution in [1.82, 2.24) is 20.6 Å². The highest BCUT2D eigenvalue weighted by Crippen LogP contribution is 2.51. The van der Waals surface area contributed by atoms with E-state index in [9.17, 15) is 9.59 Å². The van der Waals surface area contributed by atoms with Crippen molar-refractivity contribution in [2.45, 2.75) is 70.6 Å². The van der Waals surface area contributed by atoms with E-state index in [0.29, 0.717) is 37.0 Å². The molecule has 1 saturated carbocycles. The maximum absolute atomic E-state index is 13.3. The van der Waals surface area contributed by atoms with E-state index in [2.05, 4.69) is 36.4 Å². The first-order chi connectivity index (χ1) is 19.7. The second-order valence-corrected chi connectivity index (χ2v) is 11.9. The Kier molecular flexibility index (Phi) is 8.60. The molecule has 41 heavy (non-hydrogen) atoms. The molecule has 2 fully saturated rings. The quantitative estimate of drug-likeness (QED) is 0.228. The first-order valence-electron chi connectivity index (χ1n) is 14.2. The summed E-state index contributed by atoms with van der Waals surface area (Å²) in [6.45, 7) is 10.8. The van der Waals surface area contributed by atoms with Gasteiger partial charge in [0, 0.05) is 47.3 Å². The number of methoxy groups -OCH3 is 1. The van der Waals surface area contributed by atoms with Crippen LogP contribution in [0.15, 0.2) is 42.3 Å². The molecule has 3 heterocycles. The van der Waals surface area contributed by atoms with Crippen LogP contribution in [0.25, 0.3) is 21.6 Å². The van der Waals surface area contributed by atoms with Crippen LogP contribution in [0.1, 0.15) is 58.1 Å². The van der Waals surface area contributed by atoms with Crippen molar-refractivity contribution in [3.8, 4) is 22.2 Å². The average Bonchev–Trinajstić information content (AvgIpc) is 3.35. The van der Waals surface area contributed by atoms with Gasteiger partial charge in [0.2, 0.25) is 5.91 Å². The van der Waals surface area contributed by atoms with Crippen LogP contribution in [-0.4, -0.2) is 60.3 Å². The minimum atomic E-state index is -0.439. The molecule has 0 spiro atoms. The third kappa shape index (κ3) is 6.38. The van der Waals surface area contributed by atoms with Gasteiger partial charge in [-0.05, 0) is 37.8 Å². The predicted octanol–water partition coefficient (Wildman–Crippen LogP) is 5.00. The predicted molar refractivity (Wildman–Crippen MR) is 159 cm³/mol. The molecule has 1 aliphatic carbocycles. The highest BCUT2D eigenvalue weighted by atomic mass is 32.1. The van der Waals surface area contributed by atoms with E-state index < -0.39 is 6.04 Å². The zero-order valence-electron chi connectivity index (χ0n) is 24.1. The molecule has 3 atom stereocenters. The van der Waals surface area contributed by atoms with Crippen LogP contribution < -0.4 is 20.1 Å². The van der Waals surface area contributed by atoms with Gasteiger partial charge in [-0.2, -0.15) is 0 Å². The van der Waals surface area contributed by atoms with E-state index in [1.807, 2.05) is 30.3 Å². The summed E-state index contributed by atoms with van der Waals surface area (Å²) in [6, 6.07) is 6.87. The minimum Gasteiger partial charge on any atom is -0.497 e. The lowest BCUT2D eigenvalue weighted by Crippen LogP contribution is -2.49. The van der Waals surface area contributed by atoms with Gasteiger partial charge in [0.25, 0.3) is 0 Å². The van der Waals surface area contributed by atoms with Crippen LogP contribution in [0.2, 0.25) is 0 Å². The Morgan fingerprint density at radius 1 is 1.27 bits per heavy atom. The van der Waals surface area contributed by atoms with E-state index in [1.54, 1.807) is 25.4 Å². The van der Waals surface area contributed by atoms with E-state index in [1.165, 1.54) is 0 Å². The Labute approximate surface area is 244 Å². The number of nitrogens with zero attached hydrogens (tertiary/aromatic N) is 2. The van der Waals surface area contributed by atoms with Gasteiger partial charge in [0.15, 0.2) is 0 Å². The number of benzene rings is 1. The van der Waals surface area contributed by atoms with Gasteiger partial charge in [-0.3, -0.25) is 9.59 Å². The van der Waals surface area contributed by atoms with Crippen LogP contribution in [0.4, 0.5) is 0 Å². The monoisotopic (exact) mass is 578 g/mol. The van der Waals surface area contributed by atoms with E-state index >= 15 is 0 Å². The topological polar surface area (TPSA) is 112 Å². The van der Waals surface area contributed by atoms with Gasteiger partial charge in [-0.1, -0.05) is 19.9 Å². The van der Waals surface area contributed by atoms with Crippen molar-refractivity contribution in [1.29, 1.82) is 0 Å². The van der Waals surface area contributed by atoms with Gasteiger partial charge in [-0.25, -0.2) is 9.97 Å². The fourth-order valence-electron chi connectivity index (χ4n) is 5.25. The fourth-order valence-corrected chi connectivity index (χ4v) is 6.19. The molecule has 0 bridgehead atoms. The SMILES string of the molecule is C=CC1(C(CC(=O)OCC)NC(=O)[C@@H]2C[C@@H](Oc3cc(-c4nc(C(C)C)cs4)nc4cc(OC)ccc34)CN2)CC1. The number of thiazole rings is 1. The largest absolute Gasteiger partial charge is 0.497 e. The van der Waals surface area contributed by atoms with Crippen molar-refractivity contribution in [3.05, 3.63) is 48.0 Å². The number of rotatable bonds is 12. The van der Waals surface area contributed by atoms with Crippen LogP contribution in [-0.2, 0) is 14.3 Å². The molecule has 218 valence electrons. The van der Waals surface area contributed by atoms with Crippen molar-refractivity contribution in [2.75, 3.05) is 20.3 Å². The van der Waals surface area contributed by atoms with Gasteiger partial charge < -0.3 is 24.8 Å². The summed E-state index contributed by atoms with van der Waals surface area (Å²) in [5, 5.41) is 10.2. The normalized spacial score (nSPS) is 20.0. The minimum absolute atomic E-state index is 0.128. The van der Waals surface area contributed by atoms with E-state index in [-0.39, 0.29) is 35.9 Å². The standard InChI is InChI=1S/C31H38N4O5S/c1-6-31(10-11-31)27(15-28(36)39-7-2)35-29(37)23-13-20(16-32-23)40-26-14-24(30-34-25(17-41-30)18(3)4)33-22-12-19(38-5)8-9-21(22)26/h6,8-9,12,14,17-18,20,23,27,32H,1,7,10-11,13,15-16H2,2-5H3,(H,35,37)/t20-,23+,27?/m1/s1. The number of amides is 1. The second-order valence-electron chi connectivity index (χ2n) is 11.1. The first-order valence-corrected chi connectivity index (χ1v) is 15.1. The van der Waals surface area contributed by atoms with E-state index in [0.717, 1.165) is 40.1 Å². The van der Waals surface area contributed by atoms with E-state index in [4.69, 9.17) is 24.2 Å². The Balaban J connectivity index is 1.33. The van der Waals surface area contributed by atoms with Gasteiger partial charge in [0.1, 0.15) is 28.3 Å². The molecule has 1 aromatic carbocycles. The molecule has 9 nitrogen and oxygen atoms in total. The molecule has 10 heteroatoms. The lowest BCUT2D eigenvalue weighted by molar-refractivity contribution is -0.144. The Bertz CT molecular complexity index is 1430. The molecule has 1 aliphatic heterocycles. The average molecular weight is 579 g/mol. The summed E-state index contributed by atoms with van der Waals surface area (Å²) in [5.74, 6) is 1.25. The number of hydrogen-bond acceptors (Lipinski definition) is 9. The molecule has 2 aliphatic rings. The van der Waals surface area contributed by atoms with Crippen molar-refractivity contribution < 1.29 is 23.8 Å². The molecular formula is C31H38N4O5S. The van der Waals surface area contributed by atoms with Crippen molar-refractivity contribution in [3.63, 3.8) is 0 Å². The molecule has 1 unspecified atom stereocenters. The Hall–Kier alpha value is -3.50. The molecule has 0 radical (unpaired) electrons. The lowest BCUT2D eigenvalue weighted by atomic mass is 9.93. The smallest absolute Gasteiger partial charge is 0.307 e. The fraction of sp³-hybridized carbons (Fsp3) is 0.484. The third-order valence-electron chi connectivity index (χ3n) is 7.93. The number of nitrogens with one attached hydrogen (secondary N) is 2. The Morgan fingerprint density at radius 3 is 2.73 bits per heavy atom. The van der Waals surface area contributed by atoms with Crippen LogP contribution >= 0.6 is 11.3 Å². The zero-order valence-corrected chi connectivity index (χ0v) is 24.9. The molecule has 1 amide bonds. The maximum atomic E-state index is 13.3. The molecular weight excluding hydrogens is 540 g/mol.